The van der Waals surface area contributed by atoms with Crippen LogP contribution in [0.4, 0.5) is 0 Å². The van der Waals surface area contributed by atoms with Gasteiger partial charge in [-0.1, -0.05) is 13.0 Å². The molecule has 1 aromatic heterocycles. The minimum atomic E-state index is -0.836. The largest absolute Gasteiger partial charge is 0.356 e. The van der Waals surface area contributed by atoms with Gasteiger partial charge in [0.15, 0.2) is 5.96 Å². The molecule has 1 heterocycles. The number of nitrogens with zero attached hydrogens (tertiary/aromatic N) is 1. The van der Waals surface area contributed by atoms with Crippen molar-refractivity contribution in [2.75, 3.05) is 25.9 Å². The van der Waals surface area contributed by atoms with Gasteiger partial charge in [0.1, 0.15) is 0 Å². The number of hydrogen-bond donors (Lipinski definition) is 2. The van der Waals surface area contributed by atoms with Crippen molar-refractivity contribution in [3.63, 3.8) is 0 Å². The molecule has 0 spiro atoms. The van der Waals surface area contributed by atoms with E-state index < -0.39 is 10.8 Å². The first-order valence-electron chi connectivity index (χ1n) is 7.21. The van der Waals surface area contributed by atoms with E-state index in [0.29, 0.717) is 18.2 Å². The molecule has 2 atom stereocenters. The predicted octanol–water partition coefficient (Wildman–Crippen LogP) is 3.18. The summed E-state index contributed by atoms with van der Waals surface area (Å²) < 4.78 is 11.8. The molecule has 0 aromatic carbocycles. The lowest BCUT2D eigenvalue weighted by atomic mass is 10.1. The van der Waals surface area contributed by atoms with Crippen LogP contribution < -0.4 is 10.6 Å². The van der Waals surface area contributed by atoms with E-state index in [2.05, 4.69) is 40.1 Å². The van der Waals surface area contributed by atoms with Crippen molar-refractivity contribution in [1.82, 2.24) is 10.6 Å². The van der Waals surface area contributed by atoms with Crippen LogP contribution >= 0.6 is 35.3 Å². The maximum atomic E-state index is 12.0. The molecule has 0 saturated heterocycles. The normalized spacial score (nSPS) is 14.9. The van der Waals surface area contributed by atoms with E-state index >= 15 is 0 Å². The van der Waals surface area contributed by atoms with Gasteiger partial charge in [-0.05, 0) is 32.2 Å². The van der Waals surface area contributed by atoms with Crippen molar-refractivity contribution in [2.45, 2.75) is 38.4 Å². The molecule has 1 rings (SSSR count). The number of aliphatic imine (C=N–C) groups is 1. The molecule has 1 aromatic rings. The highest BCUT2D eigenvalue weighted by Gasteiger charge is 2.18. The highest BCUT2D eigenvalue weighted by Crippen LogP contribution is 2.19. The van der Waals surface area contributed by atoms with Gasteiger partial charge in [-0.2, -0.15) is 0 Å². The van der Waals surface area contributed by atoms with Gasteiger partial charge >= 0.3 is 0 Å². The molecule has 0 fully saturated rings. The molecular weight excluding hydrogens is 429 g/mol. The second kappa shape index (κ2) is 10.6. The number of nitrogens with one attached hydrogen (secondary N) is 2. The SMILES string of the molecule is CN=C(NCCS(=O)C(C)(C)C)NCC(C)c1cccs1.I. The van der Waals surface area contributed by atoms with Crippen molar-refractivity contribution in [2.24, 2.45) is 4.99 Å². The molecule has 22 heavy (non-hydrogen) atoms. The van der Waals surface area contributed by atoms with Gasteiger partial charge in [-0.15, -0.1) is 35.3 Å². The molecule has 0 aliphatic heterocycles. The minimum absolute atomic E-state index is 0. The standard InChI is InChI=1S/C15H27N3OS2.HI/c1-12(13-7-6-9-20-13)11-18-14(16-5)17-8-10-21(19)15(2,3)4;/h6-7,9,12H,8,10-11H2,1-5H3,(H2,16,17,18);1H. The van der Waals surface area contributed by atoms with Crippen LogP contribution in [0.15, 0.2) is 22.5 Å². The van der Waals surface area contributed by atoms with Gasteiger partial charge in [-0.25, -0.2) is 0 Å². The van der Waals surface area contributed by atoms with Gasteiger partial charge in [0.05, 0.1) is 0 Å². The Balaban J connectivity index is 0.00000441. The lowest BCUT2D eigenvalue weighted by Gasteiger charge is -2.19. The first kappa shape index (κ1) is 21.9. The van der Waals surface area contributed by atoms with Crippen LogP contribution in [0.1, 0.15) is 38.5 Å². The van der Waals surface area contributed by atoms with Crippen LogP contribution in [0.25, 0.3) is 0 Å². The summed E-state index contributed by atoms with van der Waals surface area (Å²) >= 11 is 1.77. The number of halogens is 1. The van der Waals surface area contributed by atoms with Crippen LogP contribution in [0.2, 0.25) is 0 Å². The second-order valence-electron chi connectivity index (χ2n) is 5.96. The third-order valence-electron chi connectivity index (χ3n) is 3.09. The molecular formula is C15H28IN3OS2. The van der Waals surface area contributed by atoms with Crippen molar-refractivity contribution in [3.8, 4) is 0 Å². The summed E-state index contributed by atoms with van der Waals surface area (Å²) in [6.07, 6.45) is 0. The maximum Gasteiger partial charge on any atom is 0.191 e. The van der Waals surface area contributed by atoms with Gasteiger partial charge in [0, 0.05) is 52.2 Å². The Labute approximate surface area is 158 Å². The van der Waals surface area contributed by atoms with Gasteiger partial charge in [0.25, 0.3) is 0 Å². The van der Waals surface area contributed by atoms with Crippen LogP contribution in [-0.4, -0.2) is 40.8 Å². The van der Waals surface area contributed by atoms with E-state index in [0.717, 1.165) is 12.5 Å². The van der Waals surface area contributed by atoms with Crippen LogP contribution in [0.3, 0.4) is 0 Å². The number of guanidine groups is 1. The molecule has 0 amide bonds. The lowest BCUT2D eigenvalue weighted by molar-refractivity contribution is 0.646. The zero-order chi connectivity index (χ0) is 15.9. The van der Waals surface area contributed by atoms with Gasteiger partial charge in [-0.3, -0.25) is 9.20 Å². The zero-order valence-corrected chi connectivity index (χ0v) is 18.0. The maximum absolute atomic E-state index is 12.0. The quantitative estimate of drug-likeness (QED) is 0.392. The van der Waals surface area contributed by atoms with E-state index in [9.17, 15) is 4.21 Å². The summed E-state index contributed by atoms with van der Waals surface area (Å²) in [5.41, 5.74) is 0. The number of rotatable bonds is 6. The fourth-order valence-electron chi connectivity index (χ4n) is 1.71. The molecule has 128 valence electrons. The lowest BCUT2D eigenvalue weighted by Crippen LogP contribution is -2.41. The summed E-state index contributed by atoms with van der Waals surface area (Å²) in [6, 6.07) is 4.23. The van der Waals surface area contributed by atoms with E-state index in [1.165, 1.54) is 4.88 Å². The third kappa shape index (κ3) is 7.92. The first-order valence-corrected chi connectivity index (χ1v) is 9.41. The summed E-state index contributed by atoms with van der Waals surface area (Å²) in [5.74, 6) is 1.85. The Morgan fingerprint density at radius 3 is 2.59 bits per heavy atom. The molecule has 2 N–H and O–H groups in total. The molecule has 4 nitrogen and oxygen atoms in total. The highest BCUT2D eigenvalue weighted by molar-refractivity contribution is 14.0. The molecule has 0 bridgehead atoms. The molecule has 7 heteroatoms. The summed E-state index contributed by atoms with van der Waals surface area (Å²) in [5, 5.41) is 8.64. The second-order valence-corrected chi connectivity index (χ2v) is 9.26. The molecule has 0 radical (unpaired) electrons. The fraction of sp³-hybridized carbons (Fsp3) is 0.667. The summed E-state index contributed by atoms with van der Waals surface area (Å²) in [6.45, 7) is 9.69. The van der Waals surface area contributed by atoms with Crippen LogP contribution in [-0.2, 0) is 10.8 Å². The van der Waals surface area contributed by atoms with Crippen LogP contribution in [0.5, 0.6) is 0 Å². The Hall–Kier alpha value is -0.150. The monoisotopic (exact) mass is 457 g/mol. The Morgan fingerprint density at radius 1 is 1.41 bits per heavy atom. The van der Waals surface area contributed by atoms with Crippen molar-refractivity contribution >= 4 is 52.1 Å². The number of thiophene rings is 1. The van der Waals surface area contributed by atoms with Gasteiger partial charge < -0.3 is 10.6 Å². The number of hydrogen-bond acceptors (Lipinski definition) is 3. The smallest absolute Gasteiger partial charge is 0.191 e. The van der Waals surface area contributed by atoms with E-state index in [4.69, 9.17) is 0 Å². The first-order chi connectivity index (χ1) is 9.84. The Bertz CT molecular complexity index is 470. The van der Waals surface area contributed by atoms with E-state index in [1.807, 2.05) is 20.8 Å². The Kier molecular flexibility index (Phi) is 10.5. The van der Waals surface area contributed by atoms with Gasteiger partial charge in [0.2, 0.25) is 0 Å². The summed E-state index contributed by atoms with van der Waals surface area (Å²) in [7, 11) is 0.919. The van der Waals surface area contributed by atoms with Crippen molar-refractivity contribution in [1.29, 1.82) is 0 Å². The third-order valence-corrected chi connectivity index (χ3v) is 6.14. The average molecular weight is 457 g/mol. The summed E-state index contributed by atoms with van der Waals surface area (Å²) in [4.78, 5) is 5.57. The minimum Gasteiger partial charge on any atom is -0.356 e. The zero-order valence-electron chi connectivity index (χ0n) is 14.0. The van der Waals surface area contributed by atoms with E-state index in [-0.39, 0.29) is 28.7 Å². The van der Waals surface area contributed by atoms with Crippen LogP contribution in [0, 0.1) is 0 Å². The predicted molar refractivity (Wildman–Crippen MR) is 110 cm³/mol. The molecule has 0 aliphatic carbocycles. The van der Waals surface area contributed by atoms with Crippen molar-refractivity contribution in [3.05, 3.63) is 22.4 Å². The Morgan fingerprint density at radius 2 is 2.09 bits per heavy atom. The van der Waals surface area contributed by atoms with Crippen molar-refractivity contribution < 1.29 is 4.21 Å². The molecule has 2 unspecified atom stereocenters. The highest BCUT2D eigenvalue weighted by atomic mass is 127. The average Bonchev–Trinajstić information content (AvgIpc) is 2.95. The topological polar surface area (TPSA) is 53.5 Å². The fourth-order valence-corrected chi connectivity index (χ4v) is 3.40. The molecule has 0 saturated carbocycles. The molecule has 0 aliphatic rings. The van der Waals surface area contributed by atoms with E-state index in [1.54, 1.807) is 18.4 Å².